The Morgan fingerprint density at radius 3 is 2.27 bits per heavy atom. The Labute approximate surface area is 155 Å². The van der Waals surface area contributed by atoms with Gasteiger partial charge < -0.3 is 0 Å². The van der Waals surface area contributed by atoms with Crippen molar-refractivity contribution < 1.29 is 4.79 Å². The molecule has 26 heavy (non-hydrogen) atoms. The van der Waals surface area contributed by atoms with E-state index in [9.17, 15) is 4.79 Å². The number of hydrogen-bond acceptors (Lipinski definition) is 1. The van der Waals surface area contributed by atoms with E-state index in [1.165, 1.54) is 19.3 Å². The van der Waals surface area contributed by atoms with Crippen LogP contribution in [-0.4, -0.2) is 6.29 Å². The standard InChI is InChI=1S/C25H26O/c26-10-11-1-2-12-7-16-17-8-20(23(16)15(12)5-11)25-19-9-18(24(17)25)21-13-3-4-14(6-13)22(19)21/h1-5,10,13-14,16-25H,6-9H2. The molecule has 5 fully saturated rings. The Hall–Kier alpha value is -1.37. The van der Waals surface area contributed by atoms with Crippen LogP contribution in [0.3, 0.4) is 0 Å². The molecular formula is C25H26O. The van der Waals surface area contributed by atoms with Gasteiger partial charge >= 0.3 is 0 Å². The highest BCUT2D eigenvalue weighted by molar-refractivity contribution is 5.75. The molecule has 0 N–H and O–H groups in total. The zero-order valence-electron chi connectivity index (χ0n) is 15.1. The van der Waals surface area contributed by atoms with Gasteiger partial charge in [-0.2, -0.15) is 0 Å². The molecule has 1 aromatic carbocycles. The molecule has 1 nitrogen and oxygen atoms in total. The molecule has 0 radical (unpaired) electrons. The van der Waals surface area contributed by atoms with Gasteiger partial charge in [-0.3, -0.25) is 4.79 Å². The van der Waals surface area contributed by atoms with Gasteiger partial charge in [-0.15, -0.1) is 0 Å². The van der Waals surface area contributed by atoms with E-state index >= 15 is 0 Å². The normalized spacial score (nSPS) is 58.2. The molecule has 0 spiro atoms. The topological polar surface area (TPSA) is 17.1 Å². The molecule has 1 aromatic rings. The number of hydrogen-bond donors (Lipinski definition) is 0. The highest BCUT2D eigenvalue weighted by Crippen LogP contribution is 2.79. The molecule has 5 saturated carbocycles. The first-order valence-corrected chi connectivity index (χ1v) is 11.1. The van der Waals surface area contributed by atoms with Crippen LogP contribution in [0.4, 0.5) is 0 Å². The molecule has 132 valence electrons. The van der Waals surface area contributed by atoms with Gasteiger partial charge in [0.25, 0.3) is 0 Å². The first kappa shape index (κ1) is 13.7. The smallest absolute Gasteiger partial charge is 0.150 e. The van der Waals surface area contributed by atoms with E-state index < -0.39 is 0 Å². The molecule has 12 unspecified atom stereocenters. The van der Waals surface area contributed by atoms with E-state index in [-0.39, 0.29) is 0 Å². The van der Waals surface area contributed by atoms with Gasteiger partial charge in [0.2, 0.25) is 0 Å². The Kier molecular flexibility index (Phi) is 2.22. The Balaban J connectivity index is 1.23. The van der Waals surface area contributed by atoms with Crippen LogP contribution in [-0.2, 0) is 6.42 Å². The number of carbonyl (C=O) groups excluding carboxylic acids is 1. The minimum atomic E-state index is 0.795. The summed E-state index contributed by atoms with van der Waals surface area (Å²) in [5, 5.41) is 0. The molecule has 0 aromatic heterocycles. The van der Waals surface area contributed by atoms with Crippen LogP contribution in [0.2, 0.25) is 0 Å². The van der Waals surface area contributed by atoms with Gasteiger partial charge in [-0.25, -0.2) is 0 Å². The molecule has 7 aliphatic carbocycles. The number of fused-ring (bicyclic) bond motifs is 21. The predicted octanol–water partition coefficient (Wildman–Crippen LogP) is 4.73. The number of aldehydes is 1. The molecule has 7 aliphatic rings. The van der Waals surface area contributed by atoms with Gasteiger partial charge in [0.05, 0.1) is 0 Å². The molecule has 8 rings (SSSR count). The zero-order chi connectivity index (χ0) is 16.7. The molecule has 0 heterocycles. The molecule has 0 aliphatic heterocycles. The van der Waals surface area contributed by atoms with E-state index in [2.05, 4.69) is 24.3 Å². The lowest BCUT2D eigenvalue weighted by Gasteiger charge is -2.47. The molecule has 0 saturated heterocycles. The van der Waals surface area contributed by atoms with Crippen LogP contribution in [0.15, 0.2) is 30.4 Å². The summed E-state index contributed by atoms with van der Waals surface area (Å²) in [6.07, 6.45) is 12.1. The van der Waals surface area contributed by atoms with Gasteiger partial charge in [-0.1, -0.05) is 24.3 Å². The fourth-order valence-corrected chi connectivity index (χ4v) is 10.6. The first-order chi connectivity index (χ1) is 12.8. The molecule has 0 amide bonds. The van der Waals surface area contributed by atoms with Gasteiger partial charge in [0.15, 0.2) is 0 Å². The summed E-state index contributed by atoms with van der Waals surface area (Å²) < 4.78 is 0. The van der Waals surface area contributed by atoms with Crippen molar-refractivity contribution in [3.63, 3.8) is 0 Å². The van der Waals surface area contributed by atoms with Crippen molar-refractivity contribution in [2.24, 2.45) is 65.1 Å². The van der Waals surface area contributed by atoms with Crippen LogP contribution < -0.4 is 0 Å². The van der Waals surface area contributed by atoms with E-state index in [1.54, 1.807) is 17.5 Å². The SMILES string of the molecule is O=Cc1ccc2c(c1)C1C(C2)C2CC1C1C3CC(C4C5C=CC(C5)C34)C21. The maximum absolute atomic E-state index is 11.3. The lowest BCUT2D eigenvalue weighted by atomic mass is 9.57. The largest absolute Gasteiger partial charge is 0.298 e. The van der Waals surface area contributed by atoms with Crippen LogP contribution in [0.5, 0.6) is 0 Å². The summed E-state index contributed by atoms with van der Waals surface area (Å²) in [6, 6.07) is 6.59. The summed E-state index contributed by atoms with van der Waals surface area (Å²) in [7, 11) is 0. The second-order valence-corrected chi connectivity index (χ2v) is 10.9. The molecule has 12 atom stereocenters. The summed E-state index contributed by atoms with van der Waals surface area (Å²) in [5.41, 5.74) is 4.06. The van der Waals surface area contributed by atoms with Crippen LogP contribution in [0.1, 0.15) is 46.7 Å². The lowest BCUT2D eigenvalue weighted by molar-refractivity contribution is 0.0229. The van der Waals surface area contributed by atoms with Crippen molar-refractivity contribution in [1.29, 1.82) is 0 Å². The summed E-state index contributed by atoms with van der Waals surface area (Å²) in [6.45, 7) is 0. The van der Waals surface area contributed by atoms with Crippen molar-refractivity contribution in [1.82, 2.24) is 0 Å². The number of allylic oxidation sites excluding steroid dienone is 2. The number of benzene rings is 1. The number of carbonyl (C=O) groups is 1. The fourth-order valence-electron chi connectivity index (χ4n) is 10.6. The highest BCUT2D eigenvalue weighted by atomic mass is 16.1. The Morgan fingerprint density at radius 1 is 0.769 bits per heavy atom. The fraction of sp³-hybridized carbons (Fsp3) is 0.640. The Bertz CT molecular complexity index is 882. The maximum Gasteiger partial charge on any atom is 0.150 e. The second-order valence-electron chi connectivity index (χ2n) is 10.9. The highest BCUT2D eigenvalue weighted by Gasteiger charge is 2.73. The van der Waals surface area contributed by atoms with E-state index in [0.29, 0.717) is 0 Å². The summed E-state index contributed by atoms with van der Waals surface area (Å²) in [4.78, 5) is 11.3. The third kappa shape index (κ3) is 1.29. The average Bonchev–Trinajstić information content (AvgIpc) is 3.48. The summed E-state index contributed by atoms with van der Waals surface area (Å²) in [5.74, 6) is 11.9. The van der Waals surface area contributed by atoms with E-state index in [1.807, 2.05) is 6.07 Å². The maximum atomic E-state index is 11.3. The second kappa shape index (κ2) is 4.21. The predicted molar refractivity (Wildman–Crippen MR) is 99.7 cm³/mol. The van der Waals surface area contributed by atoms with Crippen molar-refractivity contribution in [2.45, 2.75) is 31.6 Å². The van der Waals surface area contributed by atoms with Crippen LogP contribution in [0, 0.1) is 65.1 Å². The first-order valence-electron chi connectivity index (χ1n) is 11.1. The van der Waals surface area contributed by atoms with Crippen molar-refractivity contribution in [3.8, 4) is 0 Å². The van der Waals surface area contributed by atoms with Gasteiger partial charge in [-0.05, 0) is 114 Å². The van der Waals surface area contributed by atoms with Crippen molar-refractivity contribution in [3.05, 3.63) is 47.0 Å². The van der Waals surface area contributed by atoms with E-state index in [0.717, 1.165) is 82.9 Å². The average molecular weight is 342 g/mol. The molecular weight excluding hydrogens is 316 g/mol. The minimum absolute atomic E-state index is 0.795. The van der Waals surface area contributed by atoms with Crippen LogP contribution in [0.25, 0.3) is 0 Å². The summed E-state index contributed by atoms with van der Waals surface area (Å²) >= 11 is 0. The minimum Gasteiger partial charge on any atom is -0.298 e. The van der Waals surface area contributed by atoms with Crippen LogP contribution >= 0.6 is 0 Å². The lowest BCUT2D eigenvalue weighted by Crippen LogP contribution is -2.43. The van der Waals surface area contributed by atoms with E-state index in [4.69, 9.17) is 0 Å². The monoisotopic (exact) mass is 342 g/mol. The molecule has 6 bridgehead atoms. The quantitative estimate of drug-likeness (QED) is 0.410. The Morgan fingerprint density at radius 2 is 1.50 bits per heavy atom. The van der Waals surface area contributed by atoms with Crippen molar-refractivity contribution >= 4 is 6.29 Å². The third-order valence-electron chi connectivity index (χ3n) is 10.7. The van der Waals surface area contributed by atoms with Gasteiger partial charge in [0, 0.05) is 5.56 Å². The van der Waals surface area contributed by atoms with Crippen molar-refractivity contribution in [2.75, 3.05) is 0 Å². The van der Waals surface area contributed by atoms with Gasteiger partial charge in [0.1, 0.15) is 6.29 Å². The zero-order valence-corrected chi connectivity index (χ0v) is 15.1. The third-order valence-corrected chi connectivity index (χ3v) is 10.7. The molecule has 1 heteroatoms. The number of rotatable bonds is 1.